The van der Waals surface area contributed by atoms with Gasteiger partial charge < -0.3 is 10.1 Å². The SMILES string of the molecule is Cc1nc(C(=O)CC2COCCN2)cs1. The van der Waals surface area contributed by atoms with Crippen molar-refractivity contribution < 1.29 is 9.53 Å². The molecule has 0 bridgehead atoms. The smallest absolute Gasteiger partial charge is 0.183 e. The van der Waals surface area contributed by atoms with Crippen LogP contribution >= 0.6 is 11.3 Å². The van der Waals surface area contributed by atoms with Crippen LogP contribution in [0.4, 0.5) is 0 Å². The minimum absolute atomic E-state index is 0.0994. The van der Waals surface area contributed by atoms with Crippen molar-refractivity contribution in [3.05, 3.63) is 16.1 Å². The van der Waals surface area contributed by atoms with E-state index in [0.717, 1.165) is 18.2 Å². The number of aryl methyl sites for hydroxylation is 1. The molecule has 0 amide bonds. The Morgan fingerprint density at radius 2 is 2.67 bits per heavy atom. The highest BCUT2D eigenvalue weighted by Gasteiger charge is 2.19. The molecule has 5 heteroatoms. The predicted octanol–water partition coefficient (Wildman–Crippen LogP) is 1.01. The van der Waals surface area contributed by atoms with Gasteiger partial charge in [0.05, 0.1) is 18.2 Å². The number of carbonyl (C=O) groups excluding carboxylic acids is 1. The van der Waals surface area contributed by atoms with Gasteiger partial charge in [0.15, 0.2) is 5.78 Å². The van der Waals surface area contributed by atoms with Gasteiger partial charge in [-0.2, -0.15) is 0 Å². The fraction of sp³-hybridized carbons (Fsp3) is 0.600. The first-order valence-electron chi connectivity index (χ1n) is 5.02. The number of thiazole rings is 1. The maximum absolute atomic E-state index is 11.8. The van der Waals surface area contributed by atoms with Gasteiger partial charge in [0.2, 0.25) is 0 Å². The summed E-state index contributed by atoms with van der Waals surface area (Å²) in [6.07, 6.45) is 0.475. The van der Waals surface area contributed by atoms with E-state index in [0.29, 0.717) is 18.7 Å². The minimum Gasteiger partial charge on any atom is -0.378 e. The molecule has 82 valence electrons. The summed E-state index contributed by atoms with van der Waals surface area (Å²) in [6, 6.07) is 0.147. The van der Waals surface area contributed by atoms with Crippen molar-refractivity contribution in [3.8, 4) is 0 Å². The third kappa shape index (κ3) is 2.84. The molecule has 0 spiro atoms. The van der Waals surface area contributed by atoms with Crippen LogP contribution in [0.3, 0.4) is 0 Å². The van der Waals surface area contributed by atoms with Gasteiger partial charge in [0, 0.05) is 24.4 Å². The first-order chi connectivity index (χ1) is 7.25. The largest absolute Gasteiger partial charge is 0.378 e. The van der Waals surface area contributed by atoms with E-state index >= 15 is 0 Å². The molecule has 0 radical (unpaired) electrons. The van der Waals surface area contributed by atoms with Crippen molar-refractivity contribution in [1.82, 2.24) is 10.3 Å². The number of rotatable bonds is 3. The highest BCUT2D eigenvalue weighted by atomic mass is 32.1. The molecule has 0 aromatic carbocycles. The Balaban J connectivity index is 1.91. The number of nitrogens with one attached hydrogen (secondary N) is 1. The number of ether oxygens (including phenoxy) is 1. The number of hydrogen-bond acceptors (Lipinski definition) is 5. The molecule has 2 heterocycles. The Labute approximate surface area is 92.7 Å². The van der Waals surface area contributed by atoms with Crippen molar-refractivity contribution in [2.45, 2.75) is 19.4 Å². The van der Waals surface area contributed by atoms with Gasteiger partial charge >= 0.3 is 0 Å². The van der Waals surface area contributed by atoms with Crippen LogP contribution in [0.2, 0.25) is 0 Å². The third-order valence-electron chi connectivity index (χ3n) is 2.33. The summed E-state index contributed by atoms with van der Waals surface area (Å²) in [6.45, 7) is 4.09. The average molecular weight is 226 g/mol. The predicted molar refractivity (Wildman–Crippen MR) is 58.4 cm³/mol. The van der Waals surface area contributed by atoms with E-state index in [1.165, 1.54) is 11.3 Å². The molecule has 0 aliphatic carbocycles. The van der Waals surface area contributed by atoms with Gasteiger partial charge in [0.25, 0.3) is 0 Å². The molecule has 1 saturated heterocycles. The van der Waals surface area contributed by atoms with Crippen LogP contribution in [0.25, 0.3) is 0 Å². The topological polar surface area (TPSA) is 51.2 Å². The highest BCUT2D eigenvalue weighted by Crippen LogP contribution is 2.11. The maximum Gasteiger partial charge on any atom is 0.183 e. The van der Waals surface area contributed by atoms with E-state index in [-0.39, 0.29) is 11.8 Å². The molecule has 4 nitrogen and oxygen atoms in total. The Morgan fingerprint density at radius 1 is 1.80 bits per heavy atom. The van der Waals surface area contributed by atoms with Crippen molar-refractivity contribution in [3.63, 3.8) is 0 Å². The molecule has 0 saturated carbocycles. The van der Waals surface area contributed by atoms with Gasteiger partial charge in [0.1, 0.15) is 5.69 Å². The summed E-state index contributed by atoms with van der Waals surface area (Å²) in [5.41, 5.74) is 0.588. The molecule has 1 fully saturated rings. The maximum atomic E-state index is 11.8. The molecular formula is C10H14N2O2S. The quantitative estimate of drug-likeness (QED) is 0.782. The number of carbonyl (C=O) groups is 1. The van der Waals surface area contributed by atoms with E-state index in [9.17, 15) is 4.79 Å². The molecule has 1 aromatic heterocycles. The molecule has 1 unspecified atom stereocenters. The van der Waals surface area contributed by atoms with E-state index in [1.54, 1.807) is 0 Å². The lowest BCUT2D eigenvalue weighted by Gasteiger charge is -2.22. The average Bonchev–Trinajstić information content (AvgIpc) is 2.66. The summed E-state index contributed by atoms with van der Waals surface area (Å²) in [4.78, 5) is 16.0. The first kappa shape index (κ1) is 10.7. The third-order valence-corrected chi connectivity index (χ3v) is 3.11. The Kier molecular flexibility index (Phi) is 3.45. The van der Waals surface area contributed by atoms with Crippen molar-refractivity contribution in [2.24, 2.45) is 0 Å². The zero-order valence-corrected chi connectivity index (χ0v) is 9.47. The second-order valence-electron chi connectivity index (χ2n) is 3.61. The number of nitrogens with zero attached hydrogens (tertiary/aromatic N) is 1. The summed E-state index contributed by atoms with van der Waals surface area (Å²) in [5, 5.41) is 6.01. The lowest BCUT2D eigenvalue weighted by Crippen LogP contribution is -2.42. The number of aromatic nitrogens is 1. The van der Waals surface area contributed by atoms with E-state index in [4.69, 9.17) is 4.74 Å². The molecular weight excluding hydrogens is 212 g/mol. The van der Waals surface area contributed by atoms with Gasteiger partial charge in [-0.3, -0.25) is 4.79 Å². The van der Waals surface area contributed by atoms with Crippen LogP contribution in [0.1, 0.15) is 21.9 Å². The number of ketones is 1. The summed E-state index contributed by atoms with van der Waals surface area (Å²) >= 11 is 1.51. The Bertz CT molecular complexity index is 345. The van der Waals surface area contributed by atoms with E-state index < -0.39 is 0 Å². The molecule has 1 aliphatic rings. The summed E-state index contributed by atoms with van der Waals surface area (Å²) in [7, 11) is 0. The van der Waals surface area contributed by atoms with Crippen molar-refractivity contribution in [1.29, 1.82) is 0 Å². The fourth-order valence-electron chi connectivity index (χ4n) is 1.57. The zero-order chi connectivity index (χ0) is 10.7. The standard InChI is InChI=1S/C10H14N2O2S/c1-7-12-9(6-15-7)10(13)4-8-5-14-3-2-11-8/h6,8,11H,2-5H2,1H3. The van der Waals surface area contributed by atoms with Gasteiger partial charge in [-0.1, -0.05) is 0 Å². The number of hydrogen-bond donors (Lipinski definition) is 1. The molecule has 15 heavy (non-hydrogen) atoms. The summed E-state index contributed by atoms with van der Waals surface area (Å²) in [5.74, 6) is 0.0994. The van der Waals surface area contributed by atoms with Crippen LogP contribution in [0, 0.1) is 6.92 Å². The first-order valence-corrected chi connectivity index (χ1v) is 5.90. The molecule has 1 aliphatic heterocycles. The summed E-state index contributed by atoms with van der Waals surface area (Å²) < 4.78 is 5.29. The minimum atomic E-state index is 0.0994. The van der Waals surface area contributed by atoms with Gasteiger partial charge in [-0.25, -0.2) is 4.98 Å². The fourth-order valence-corrected chi connectivity index (χ4v) is 2.19. The van der Waals surface area contributed by atoms with Crippen LogP contribution in [-0.2, 0) is 4.74 Å². The zero-order valence-electron chi connectivity index (χ0n) is 8.66. The van der Waals surface area contributed by atoms with Crippen LogP contribution < -0.4 is 5.32 Å². The van der Waals surface area contributed by atoms with Crippen molar-refractivity contribution in [2.75, 3.05) is 19.8 Å². The molecule has 1 atom stereocenters. The molecule has 2 rings (SSSR count). The van der Waals surface area contributed by atoms with Crippen molar-refractivity contribution >= 4 is 17.1 Å². The Hall–Kier alpha value is -0.780. The van der Waals surface area contributed by atoms with E-state index in [1.807, 2.05) is 12.3 Å². The van der Waals surface area contributed by atoms with E-state index in [2.05, 4.69) is 10.3 Å². The normalized spacial score (nSPS) is 21.5. The number of morpholine rings is 1. The van der Waals surface area contributed by atoms with Crippen LogP contribution in [-0.4, -0.2) is 36.6 Å². The second-order valence-corrected chi connectivity index (χ2v) is 4.67. The van der Waals surface area contributed by atoms with Gasteiger partial charge in [-0.05, 0) is 6.92 Å². The van der Waals surface area contributed by atoms with Crippen LogP contribution in [0.15, 0.2) is 5.38 Å². The second kappa shape index (κ2) is 4.83. The van der Waals surface area contributed by atoms with Gasteiger partial charge in [-0.15, -0.1) is 11.3 Å². The lowest BCUT2D eigenvalue weighted by atomic mass is 10.1. The highest BCUT2D eigenvalue weighted by molar-refractivity contribution is 7.09. The number of Topliss-reactive ketones (excluding diaryl/α,β-unsaturated/α-hetero) is 1. The monoisotopic (exact) mass is 226 g/mol. The molecule has 1 aromatic rings. The van der Waals surface area contributed by atoms with Crippen LogP contribution in [0.5, 0.6) is 0 Å². The Morgan fingerprint density at radius 3 is 3.27 bits per heavy atom. The molecule has 1 N–H and O–H groups in total. The lowest BCUT2D eigenvalue weighted by molar-refractivity contribution is 0.0674.